The van der Waals surface area contributed by atoms with Crippen molar-refractivity contribution in [2.75, 3.05) is 10.6 Å². The van der Waals surface area contributed by atoms with Gasteiger partial charge in [-0.25, -0.2) is 9.78 Å². The number of nitrogens with one attached hydrogen (secondary N) is 3. The third-order valence-electron chi connectivity index (χ3n) is 2.49. The van der Waals surface area contributed by atoms with Crippen LogP contribution in [-0.4, -0.2) is 17.1 Å². The van der Waals surface area contributed by atoms with E-state index in [4.69, 9.17) is 0 Å². The van der Waals surface area contributed by atoms with Gasteiger partial charge in [0.15, 0.2) is 0 Å². The maximum atomic E-state index is 11.5. The van der Waals surface area contributed by atoms with Crippen LogP contribution in [0.3, 0.4) is 0 Å². The SMILES string of the molecule is CC(C)NC(=O)Nc1ccc(Nc2ccccc2)nc1. The molecule has 1 aromatic heterocycles. The van der Waals surface area contributed by atoms with Gasteiger partial charge in [0.2, 0.25) is 0 Å². The van der Waals surface area contributed by atoms with Gasteiger partial charge in [0.1, 0.15) is 5.82 Å². The molecule has 0 spiro atoms. The highest BCUT2D eigenvalue weighted by molar-refractivity contribution is 5.89. The number of urea groups is 1. The number of aromatic nitrogens is 1. The van der Waals surface area contributed by atoms with Crippen LogP contribution in [0.25, 0.3) is 0 Å². The summed E-state index contributed by atoms with van der Waals surface area (Å²) in [5, 5.41) is 8.65. The van der Waals surface area contributed by atoms with Crippen molar-refractivity contribution in [1.29, 1.82) is 0 Å². The first kappa shape index (κ1) is 13.9. The Hall–Kier alpha value is -2.56. The van der Waals surface area contributed by atoms with E-state index in [1.807, 2.05) is 50.2 Å². The topological polar surface area (TPSA) is 66.1 Å². The summed E-state index contributed by atoms with van der Waals surface area (Å²) >= 11 is 0. The summed E-state index contributed by atoms with van der Waals surface area (Å²) in [4.78, 5) is 15.8. The number of pyridine rings is 1. The molecule has 2 rings (SSSR count). The van der Waals surface area contributed by atoms with E-state index >= 15 is 0 Å². The van der Waals surface area contributed by atoms with Gasteiger partial charge in [0.25, 0.3) is 0 Å². The lowest BCUT2D eigenvalue weighted by Crippen LogP contribution is -2.34. The normalized spacial score (nSPS) is 10.2. The second-order valence-electron chi connectivity index (χ2n) is 4.68. The van der Waals surface area contributed by atoms with Gasteiger partial charge in [-0.05, 0) is 38.1 Å². The lowest BCUT2D eigenvalue weighted by atomic mass is 10.3. The molecule has 0 unspecified atom stereocenters. The molecule has 1 heterocycles. The van der Waals surface area contributed by atoms with E-state index in [1.54, 1.807) is 12.3 Å². The van der Waals surface area contributed by atoms with Crippen molar-refractivity contribution in [3.8, 4) is 0 Å². The Kier molecular flexibility index (Phi) is 4.55. The molecule has 0 aliphatic rings. The maximum absolute atomic E-state index is 11.5. The average molecular weight is 270 g/mol. The first-order chi connectivity index (χ1) is 9.63. The number of carbonyl (C=O) groups is 1. The summed E-state index contributed by atoms with van der Waals surface area (Å²) in [5.74, 6) is 0.728. The quantitative estimate of drug-likeness (QED) is 0.798. The number of rotatable bonds is 4. The molecule has 0 radical (unpaired) electrons. The molecule has 5 nitrogen and oxygen atoms in total. The van der Waals surface area contributed by atoms with Crippen LogP contribution in [0.2, 0.25) is 0 Å². The summed E-state index contributed by atoms with van der Waals surface area (Å²) < 4.78 is 0. The zero-order valence-corrected chi connectivity index (χ0v) is 11.6. The zero-order chi connectivity index (χ0) is 14.4. The van der Waals surface area contributed by atoms with Gasteiger partial charge in [-0.15, -0.1) is 0 Å². The van der Waals surface area contributed by atoms with Gasteiger partial charge in [-0.2, -0.15) is 0 Å². The molecule has 0 saturated carbocycles. The predicted molar refractivity (Wildman–Crippen MR) is 81.3 cm³/mol. The summed E-state index contributed by atoms with van der Waals surface area (Å²) in [6.07, 6.45) is 1.62. The highest BCUT2D eigenvalue weighted by Crippen LogP contribution is 2.15. The van der Waals surface area contributed by atoms with Gasteiger partial charge in [0, 0.05) is 11.7 Å². The molecule has 2 aromatic rings. The van der Waals surface area contributed by atoms with E-state index in [-0.39, 0.29) is 12.1 Å². The molecule has 104 valence electrons. The predicted octanol–water partition coefficient (Wildman–Crippen LogP) is 3.36. The Morgan fingerprint density at radius 3 is 2.40 bits per heavy atom. The molecule has 0 bridgehead atoms. The minimum atomic E-state index is -0.231. The third kappa shape index (κ3) is 4.28. The number of anilines is 3. The fourth-order valence-electron chi connectivity index (χ4n) is 1.64. The van der Waals surface area contributed by atoms with Crippen LogP contribution >= 0.6 is 0 Å². The van der Waals surface area contributed by atoms with Crippen LogP contribution in [0, 0.1) is 0 Å². The number of hydrogen-bond donors (Lipinski definition) is 3. The van der Waals surface area contributed by atoms with Gasteiger partial charge < -0.3 is 16.0 Å². The van der Waals surface area contributed by atoms with Crippen molar-refractivity contribution in [2.45, 2.75) is 19.9 Å². The van der Waals surface area contributed by atoms with E-state index < -0.39 is 0 Å². The lowest BCUT2D eigenvalue weighted by molar-refractivity contribution is 0.250. The number of carbonyl (C=O) groups excluding carboxylic acids is 1. The van der Waals surface area contributed by atoms with Crippen LogP contribution in [0.4, 0.5) is 22.0 Å². The summed E-state index contributed by atoms with van der Waals surface area (Å²) in [7, 11) is 0. The minimum absolute atomic E-state index is 0.0991. The molecule has 3 N–H and O–H groups in total. The second kappa shape index (κ2) is 6.56. The Bertz CT molecular complexity index is 552. The van der Waals surface area contributed by atoms with E-state index in [0.717, 1.165) is 11.5 Å². The van der Waals surface area contributed by atoms with Gasteiger partial charge in [0.05, 0.1) is 11.9 Å². The first-order valence-electron chi connectivity index (χ1n) is 6.49. The standard InChI is InChI=1S/C15H18N4O/c1-11(2)17-15(20)19-13-8-9-14(16-10-13)18-12-6-4-3-5-7-12/h3-11H,1-2H3,(H,16,18)(H2,17,19,20). The molecule has 2 amide bonds. The Morgan fingerprint density at radius 2 is 1.80 bits per heavy atom. The van der Waals surface area contributed by atoms with Crippen molar-refractivity contribution in [2.24, 2.45) is 0 Å². The van der Waals surface area contributed by atoms with Crippen molar-refractivity contribution < 1.29 is 4.79 Å². The molecule has 0 saturated heterocycles. The Labute approximate surface area is 118 Å². The summed E-state index contributed by atoms with van der Waals surface area (Å²) in [6.45, 7) is 3.81. The Balaban J connectivity index is 1.94. The lowest BCUT2D eigenvalue weighted by Gasteiger charge is -2.10. The summed E-state index contributed by atoms with van der Waals surface area (Å²) in [5.41, 5.74) is 1.63. The van der Waals surface area contributed by atoms with E-state index in [0.29, 0.717) is 5.69 Å². The Morgan fingerprint density at radius 1 is 1.05 bits per heavy atom. The molecule has 20 heavy (non-hydrogen) atoms. The largest absolute Gasteiger partial charge is 0.340 e. The van der Waals surface area contributed by atoms with Crippen LogP contribution in [-0.2, 0) is 0 Å². The van der Waals surface area contributed by atoms with E-state index in [2.05, 4.69) is 20.9 Å². The first-order valence-corrected chi connectivity index (χ1v) is 6.49. The maximum Gasteiger partial charge on any atom is 0.319 e. The molecule has 1 aromatic carbocycles. The molecular weight excluding hydrogens is 252 g/mol. The minimum Gasteiger partial charge on any atom is -0.340 e. The second-order valence-corrected chi connectivity index (χ2v) is 4.68. The molecular formula is C15H18N4O. The number of para-hydroxylation sites is 1. The van der Waals surface area contributed by atoms with Crippen LogP contribution in [0.15, 0.2) is 48.7 Å². The number of hydrogen-bond acceptors (Lipinski definition) is 3. The smallest absolute Gasteiger partial charge is 0.319 e. The summed E-state index contributed by atoms with van der Waals surface area (Å²) in [6, 6.07) is 13.3. The van der Waals surface area contributed by atoms with Crippen molar-refractivity contribution in [1.82, 2.24) is 10.3 Å². The van der Waals surface area contributed by atoms with Crippen LogP contribution < -0.4 is 16.0 Å². The third-order valence-corrected chi connectivity index (χ3v) is 2.49. The fourth-order valence-corrected chi connectivity index (χ4v) is 1.64. The molecule has 5 heteroatoms. The van der Waals surface area contributed by atoms with E-state index in [1.165, 1.54) is 0 Å². The molecule has 0 aliphatic carbocycles. The van der Waals surface area contributed by atoms with Crippen molar-refractivity contribution in [3.63, 3.8) is 0 Å². The molecule has 0 aliphatic heterocycles. The fraction of sp³-hybridized carbons (Fsp3) is 0.200. The molecule has 0 atom stereocenters. The van der Waals surface area contributed by atoms with Crippen LogP contribution in [0.5, 0.6) is 0 Å². The zero-order valence-electron chi connectivity index (χ0n) is 11.6. The number of nitrogens with zero attached hydrogens (tertiary/aromatic N) is 1. The van der Waals surface area contributed by atoms with Crippen molar-refractivity contribution in [3.05, 3.63) is 48.7 Å². The number of amides is 2. The van der Waals surface area contributed by atoms with Gasteiger partial charge >= 0.3 is 6.03 Å². The van der Waals surface area contributed by atoms with Crippen molar-refractivity contribution >= 4 is 23.2 Å². The highest BCUT2D eigenvalue weighted by Gasteiger charge is 2.03. The number of benzene rings is 1. The highest BCUT2D eigenvalue weighted by atomic mass is 16.2. The monoisotopic (exact) mass is 270 g/mol. The van der Waals surface area contributed by atoms with Gasteiger partial charge in [-0.1, -0.05) is 18.2 Å². The van der Waals surface area contributed by atoms with Gasteiger partial charge in [-0.3, -0.25) is 0 Å². The molecule has 0 fully saturated rings. The van der Waals surface area contributed by atoms with E-state index in [9.17, 15) is 4.79 Å². The average Bonchev–Trinajstić information content (AvgIpc) is 2.41. The van der Waals surface area contributed by atoms with Crippen LogP contribution in [0.1, 0.15) is 13.8 Å².